The molecule has 26 nitrogen and oxygen atoms in total. The van der Waals surface area contributed by atoms with E-state index < -0.39 is 120 Å². The molecule has 10 amide bonds. The number of amides is 10. The number of aromatic hydroxyl groups is 1. The molecule has 8 atom stereocenters. The van der Waals surface area contributed by atoms with Crippen molar-refractivity contribution < 1.29 is 63.0 Å². The number of phenols is 1. The molecule has 0 spiro atoms. The lowest BCUT2D eigenvalue weighted by molar-refractivity contribution is -0.148. The van der Waals surface area contributed by atoms with Crippen molar-refractivity contribution in [2.45, 2.75) is 147 Å². The molecule has 2 aromatic rings. The van der Waals surface area contributed by atoms with Crippen molar-refractivity contribution >= 4 is 71.0 Å². The minimum atomic E-state index is -1.78. The highest BCUT2D eigenvalue weighted by molar-refractivity contribution is 5.99. The summed E-state index contributed by atoms with van der Waals surface area (Å²) in [5, 5.41) is 50.5. The van der Waals surface area contributed by atoms with Crippen LogP contribution in [0.4, 0.5) is 0 Å². The minimum Gasteiger partial charge on any atom is -0.508 e. The van der Waals surface area contributed by atoms with E-state index >= 15 is 0 Å². The van der Waals surface area contributed by atoms with Crippen molar-refractivity contribution in [3.63, 3.8) is 0 Å². The molecule has 2 saturated heterocycles. The van der Waals surface area contributed by atoms with Gasteiger partial charge in [-0.25, -0.2) is 0 Å². The number of phenolic OH excluding ortho intramolecular Hbond substituents is 1. The van der Waals surface area contributed by atoms with Crippen LogP contribution in [-0.2, 0) is 65.6 Å². The number of guanidine groups is 1. The number of likely N-dealkylation sites (N-methyl/N-ethyl adjacent to an activating group) is 1. The largest absolute Gasteiger partial charge is 0.508 e. The van der Waals surface area contributed by atoms with Crippen LogP contribution < -0.4 is 53.6 Å². The summed E-state index contributed by atoms with van der Waals surface area (Å²) in [6.07, 6.45) is 0.0283. The highest BCUT2D eigenvalue weighted by Crippen LogP contribution is 2.24. The summed E-state index contributed by atoms with van der Waals surface area (Å²) in [7, 11) is 1.39. The molecule has 2 heterocycles. The quantitative estimate of drug-likeness (QED) is 0.0470. The van der Waals surface area contributed by atoms with E-state index in [2.05, 4.69) is 47.9 Å². The predicted molar refractivity (Wildman–Crippen MR) is 287 cm³/mol. The maximum absolute atomic E-state index is 14.8. The Morgan fingerprint density at radius 1 is 0.696 bits per heavy atom. The number of aliphatic carboxylic acids is 1. The Balaban J connectivity index is 1.83. The standard InChI is InChI=1S/C53H77N13O13/c1-30(2)25-37-47(74)59-31(3)45(72)64-40(27-33-13-7-6-8-14-33)51(78)66-24-12-17-42(66)52(79)65(5)41(16-9-10-22-56-32(4)67)50(77)63-38(26-34-18-20-35(68)21-19-34)48(75)61-36(15-11-23-57-53(54)55)46(73)58-29-43(69)60-39(28-44(70)71)49(76)62-37/h6-8,13-14,18-21,30-31,36-42,68H,9-12,15-17,22-29H2,1-5H3,(H,56,67)(H,58,73)(H,59,74)(H,60,69)(H,61,75)(H,62,76)(H,63,77)(H,64,72)(H,70,71)(H4,54,55,57)/t31-,36-,37-,38-,39-,40-,41-,42+/m0/s1. The van der Waals surface area contributed by atoms with Gasteiger partial charge in [0.25, 0.3) is 0 Å². The van der Waals surface area contributed by atoms with Gasteiger partial charge in [-0.15, -0.1) is 0 Å². The summed E-state index contributed by atoms with van der Waals surface area (Å²) >= 11 is 0. The van der Waals surface area contributed by atoms with Gasteiger partial charge in [0, 0.05) is 46.4 Å². The molecule has 79 heavy (non-hydrogen) atoms. The lowest BCUT2D eigenvalue weighted by Crippen LogP contribution is -2.60. The van der Waals surface area contributed by atoms with Crippen molar-refractivity contribution in [3.05, 3.63) is 65.7 Å². The first kappa shape index (κ1) is 63.2. The number of carbonyl (C=O) groups excluding carboxylic acids is 10. The van der Waals surface area contributed by atoms with Gasteiger partial charge in [-0.3, -0.25) is 58.1 Å². The van der Waals surface area contributed by atoms with Gasteiger partial charge in [-0.1, -0.05) is 56.3 Å². The second-order valence-electron chi connectivity index (χ2n) is 20.2. The average Bonchev–Trinajstić information content (AvgIpc) is 3.91. The average molecular weight is 1100 g/mol. The van der Waals surface area contributed by atoms with E-state index in [-0.39, 0.29) is 88.1 Å². The number of fused-ring (bicyclic) bond motifs is 1. The first-order chi connectivity index (χ1) is 37.4. The lowest BCUT2D eigenvalue weighted by Gasteiger charge is -2.35. The molecule has 0 saturated carbocycles. The predicted octanol–water partition coefficient (Wildman–Crippen LogP) is -1.86. The third kappa shape index (κ3) is 20.9. The zero-order valence-electron chi connectivity index (χ0n) is 45.4. The number of nitrogens with zero attached hydrogens (tertiary/aromatic N) is 2. The minimum absolute atomic E-state index is 0.00641. The molecule has 432 valence electrons. The summed E-state index contributed by atoms with van der Waals surface area (Å²) in [6, 6.07) is 3.42. The van der Waals surface area contributed by atoms with Crippen molar-refractivity contribution in [3.8, 4) is 5.75 Å². The molecule has 0 radical (unpaired) electrons. The van der Waals surface area contributed by atoms with Crippen molar-refractivity contribution in [2.24, 2.45) is 11.7 Å². The smallest absolute Gasteiger partial charge is 0.305 e. The van der Waals surface area contributed by atoms with Crippen LogP contribution in [0.5, 0.6) is 5.75 Å². The topological polar surface area (TPSA) is 393 Å². The van der Waals surface area contributed by atoms with Gasteiger partial charge in [0.2, 0.25) is 59.1 Å². The van der Waals surface area contributed by atoms with E-state index in [1.165, 1.54) is 55.0 Å². The van der Waals surface area contributed by atoms with Gasteiger partial charge in [-0.2, -0.15) is 0 Å². The Hall–Kier alpha value is -8.32. The molecular formula is C53H77N13O13. The number of carboxylic acid groups (broad SMARTS) is 1. The van der Waals surface area contributed by atoms with E-state index in [1.807, 2.05) is 0 Å². The number of rotatable bonds is 17. The molecule has 2 fully saturated rings. The number of hydrogen-bond donors (Lipinski definition) is 13. The Labute approximate surface area is 458 Å². The normalized spacial score (nSPS) is 23.6. The van der Waals surface area contributed by atoms with Gasteiger partial charge in [0.05, 0.1) is 13.0 Å². The van der Waals surface area contributed by atoms with Gasteiger partial charge < -0.3 is 73.6 Å². The molecular weight excluding hydrogens is 1030 g/mol. The first-order valence-electron chi connectivity index (χ1n) is 26.5. The summed E-state index contributed by atoms with van der Waals surface area (Å²) in [6.45, 7) is 5.77. The SMILES string of the molecule is CC(=O)NCCCC[C@H]1C(=O)N[C@@H](Cc2ccc(O)cc2)C(=O)N[C@@H](CCCNC(=N)N)C(=O)NCC(=O)N[C@@H](CC(=O)O)C(=O)N[C@@H](CC(C)C)C(=O)N[C@@H](C)C(=O)N[C@@H](Cc2ccccc2)C(=O)N2CCC[C@@H]2C(=O)N1C. The second kappa shape index (κ2) is 31.2. The van der Waals surface area contributed by atoms with Crippen molar-refractivity contribution in [1.29, 1.82) is 5.41 Å². The van der Waals surface area contributed by atoms with Crippen LogP contribution in [0, 0.1) is 11.3 Å². The molecule has 0 aromatic heterocycles. The Morgan fingerprint density at radius 2 is 1.29 bits per heavy atom. The van der Waals surface area contributed by atoms with Crippen LogP contribution in [0.3, 0.4) is 0 Å². The number of carbonyl (C=O) groups is 11. The molecule has 14 N–H and O–H groups in total. The molecule has 2 aromatic carbocycles. The fraction of sp³-hybridized carbons (Fsp3) is 0.547. The van der Waals surface area contributed by atoms with E-state index in [0.717, 1.165) is 0 Å². The second-order valence-corrected chi connectivity index (χ2v) is 20.2. The third-order valence-electron chi connectivity index (χ3n) is 13.3. The summed E-state index contributed by atoms with van der Waals surface area (Å²) in [4.78, 5) is 154. The Bertz CT molecular complexity index is 2500. The van der Waals surface area contributed by atoms with Crippen LogP contribution in [0.2, 0.25) is 0 Å². The van der Waals surface area contributed by atoms with Crippen LogP contribution in [0.25, 0.3) is 0 Å². The van der Waals surface area contributed by atoms with Crippen molar-refractivity contribution in [2.75, 3.05) is 33.2 Å². The van der Waals surface area contributed by atoms with E-state index in [9.17, 15) is 63.0 Å². The maximum atomic E-state index is 14.8. The molecule has 0 aliphatic carbocycles. The zero-order chi connectivity index (χ0) is 58.3. The fourth-order valence-electron chi connectivity index (χ4n) is 9.14. The van der Waals surface area contributed by atoms with Gasteiger partial charge in [-0.05, 0) is 87.5 Å². The van der Waals surface area contributed by atoms with Gasteiger partial charge in [0.1, 0.15) is 54.1 Å². The number of nitrogens with two attached hydrogens (primary N) is 1. The van der Waals surface area contributed by atoms with E-state index in [0.29, 0.717) is 30.4 Å². The highest BCUT2D eigenvalue weighted by Gasteiger charge is 2.42. The molecule has 26 heteroatoms. The monoisotopic (exact) mass is 1100 g/mol. The highest BCUT2D eigenvalue weighted by atomic mass is 16.4. The van der Waals surface area contributed by atoms with Crippen LogP contribution in [0.15, 0.2) is 54.6 Å². The molecule has 4 rings (SSSR count). The van der Waals surface area contributed by atoms with Crippen LogP contribution >= 0.6 is 0 Å². The van der Waals surface area contributed by atoms with Crippen LogP contribution in [0.1, 0.15) is 96.6 Å². The summed E-state index contributed by atoms with van der Waals surface area (Å²) in [5.74, 6) is -10.1. The summed E-state index contributed by atoms with van der Waals surface area (Å²) in [5.41, 5.74) is 6.56. The summed E-state index contributed by atoms with van der Waals surface area (Å²) < 4.78 is 0. The number of benzene rings is 2. The maximum Gasteiger partial charge on any atom is 0.305 e. The van der Waals surface area contributed by atoms with Gasteiger partial charge in [0.15, 0.2) is 5.96 Å². The zero-order valence-corrected chi connectivity index (χ0v) is 45.4. The number of hydrogen-bond acceptors (Lipinski definition) is 13. The molecule has 0 bridgehead atoms. The molecule has 2 aliphatic heterocycles. The molecule has 2 aliphatic rings. The van der Waals surface area contributed by atoms with E-state index in [1.54, 1.807) is 44.2 Å². The number of carboxylic acids is 1. The molecule has 0 unspecified atom stereocenters. The first-order valence-corrected chi connectivity index (χ1v) is 26.5. The lowest BCUT2D eigenvalue weighted by atomic mass is 10.0. The number of unbranched alkanes of at least 4 members (excludes halogenated alkanes) is 1. The van der Waals surface area contributed by atoms with E-state index in [4.69, 9.17) is 11.1 Å². The number of nitrogens with one attached hydrogen (secondary N) is 10. The van der Waals surface area contributed by atoms with Crippen LogP contribution in [-0.4, -0.2) is 173 Å². The fourth-order valence-corrected chi connectivity index (χ4v) is 9.14. The third-order valence-corrected chi connectivity index (χ3v) is 13.3. The van der Waals surface area contributed by atoms with Gasteiger partial charge >= 0.3 is 5.97 Å². The Kier molecular flexibility index (Phi) is 24.9. The Morgan fingerprint density at radius 3 is 1.94 bits per heavy atom. The van der Waals surface area contributed by atoms with Crippen molar-refractivity contribution in [1.82, 2.24) is 57.7 Å².